The molecule has 1 atom stereocenters. The van der Waals surface area contributed by atoms with Gasteiger partial charge in [-0.3, -0.25) is 14.7 Å². The van der Waals surface area contributed by atoms with Crippen LogP contribution >= 0.6 is 0 Å². The highest BCUT2D eigenvalue weighted by Crippen LogP contribution is 2.22. The van der Waals surface area contributed by atoms with Crippen molar-refractivity contribution in [3.8, 4) is 0 Å². The van der Waals surface area contributed by atoms with E-state index in [1.807, 2.05) is 30.3 Å². The van der Waals surface area contributed by atoms with Crippen molar-refractivity contribution in [2.45, 2.75) is 39.0 Å². The summed E-state index contributed by atoms with van der Waals surface area (Å²) in [4.78, 5) is 46.5. The lowest BCUT2D eigenvalue weighted by atomic mass is 10.00. The van der Waals surface area contributed by atoms with E-state index < -0.39 is 23.8 Å². The summed E-state index contributed by atoms with van der Waals surface area (Å²) in [6, 6.07) is 17.0. The molecule has 1 amide bonds. The third kappa shape index (κ3) is 6.89. The number of carbonyl (C=O) groups excluding carboxylic acids is 2. The first-order valence-corrected chi connectivity index (χ1v) is 12.8. The Labute approximate surface area is 230 Å². The van der Waals surface area contributed by atoms with Gasteiger partial charge >= 0.3 is 12.1 Å². The molecular weight excluding hydrogens is 517 g/mol. The number of aryl methyl sites for hydroxylation is 1. The van der Waals surface area contributed by atoms with Crippen LogP contribution < -0.4 is 5.56 Å². The van der Waals surface area contributed by atoms with Crippen LogP contribution in [-0.2, 0) is 28.9 Å². The van der Waals surface area contributed by atoms with Crippen molar-refractivity contribution in [1.82, 2.24) is 14.9 Å². The SMILES string of the molecule is CCOC(=O)c1c(CCC(O)N(C)C(=O)OCc2ccccc2)c2ncc(Cc3ccc(F)cc3)cc2[nH]c1=O. The van der Waals surface area contributed by atoms with E-state index in [2.05, 4.69) is 9.97 Å². The topological polar surface area (TPSA) is 122 Å². The van der Waals surface area contributed by atoms with Crippen molar-refractivity contribution in [2.24, 2.45) is 0 Å². The maximum Gasteiger partial charge on any atom is 0.411 e. The lowest BCUT2D eigenvalue weighted by Crippen LogP contribution is -2.37. The highest BCUT2D eigenvalue weighted by Gasteiger charge is 2.24. The zero-order valence-corrected chi connectivity index (χ0v) is 22.2. The zero-order valence-electron chi connectivity index (χ0n) is 22.2. The summed E-state index contributed by atoms with van der Waals surface area (Å²) in [5.41, 5.74) is 2.66. The van der Waals surface area contributed by atoms with E-state index in [0.29, 0.717) is 23.0 Å². The average Bonchev–Trinajstić information content (AvgIpc) is 2.95. The van der Waals surface area contributed by atoms with Crippen molar-refractivity contribution in [1.29, 1.82) is 0 Å². The third-order valence-electron chi connectivity index (χ3n) is 6.40. The van der Waals surface area contributed by atoms with Gasteiger partial charge in [-0.15, -0.1) is 0 Å². The number of rotatable bonds is 10. The molecule has 208 valence electrons. The van der Waals surface area contributed by atoms with Gasteiger partial charge in [0.25, 0.3) is 5.56 Å². The number of aliphatic hydroxyl groups excluding tert-OH is 1. The number of pyridine rings is 2. The van der Waals surface area contributed by atoms with E-state index >= 15 is 0 Å². The number of carbonyl (C=O) groups is 2. The molecule has 0 saturated heterocycles. The molecule has 2 N–H and O–H groups in total. The number of ether oxygens (including phenoxy) is 2. The maximum atomic E-state index is 13.3. The standard InChI is InChI=1S/C30H30FN3O6/c1-3-39-29(37)26-23(13-14-25(35)34(2)30(38)40-18-20-7-5-4-6-8-20)27-24(33-28(26)36)16-21(17-32-27)15-19-9-11-22(31)12-10-19/h4-12,16-17,25,35H,3,13-15,18H2,1-2H3,(H,33,36). The summed E-state index contributed by atoms with van der Waals surface area (Å²) in [5, 5.41) is 10.7. The van der Waals surface area contributed by atoms with Crippen LogP contribution in [0.2, 0.25) is 0 Å². The van der Waals surface area contributed by atoms with Gasteiger partial charge in [0, 0.05) is 18.8 Å². The third-order valence-corrected chi connectivity index (χ3v) is 6.40. The zero-order chi connectivity index (χ0) is 28.6. The number of aromatic amines is 1. The Morgan fingerprint density at radius 1 is 1.05 bits per heavy atom. The molecule has 0 fully saturated rings. The summed E-state index contributed by atoms with van der Waals surface area (Å²) >= 11 is 0. The normalized spacial score (nSPS) is 11.7. The maximum absolute atomic E-state index is 13.3. The fourth-order valence-corrected chi connectivity index (χ4v) is 4.29. The molecule has 0 bridgehead atoms. The van der Waals surface area contributed by atoms with Crippen molar-refractivity contribution in [2.75, 3.05) is 13.7 Å². The molecule has 2 aromatic carbocycles. The van der Waals surface area contributed by atoms with Crippen LogP contribution in [0, 0.1) is 5.82 Å². The van der Waals surface area contributed by atoms with Crippen LogP contribution in [0.3, 0.4) is 0 Å². The summed E-state index contributed by atoms with van der Waals surface area (Å²) in [7, 11) is 1.40. The number of benzene rings is 2. The number of nitrogens with one attached hydrogen (secondary N) is 1. The first kappa shape index (κ1) is 28.4. The van der Waals surface area contributed by atoms with E-state index in [1.54, 1.807) is 31.3 Å². The number of H-pyrrole nitrogens is 1. The molecule has 0 aliphatic carbocycles. The van der Waals surface area contributed by atoms with Gasteiger partial charge in [-0.05, 0) is 61.1 Å². The summed E-state index contributed by atoms with van der Waals surface area (Å²) in [6.07, 6.45) is 0.143. The van der Waals surface area contributed by atoms with Crippen LogP contribution in [0.5, 0.6) is 0 Å². The van der Waals surface area contributed by atoms with E-state index in [0.717, 1.165) is 21.6 Å². The Bertz CT molecular complexity index is 1540. The molecular formula is C30H30FN3O6. The molecule has 4 aromatic rings. The minimum atomic E-state index is -1.26. The molecule has 0 aliphatic heterocycles. The molecule has 0 spiro atoms. The second-order valence-electron chi connectivity index (χ2n) is 9.24. The van der Waals surface area contributed by atoms with Gasteiger partial charge in [0.05, 0.1) is 17.6 Å². The number of hydrogen-bond acceptors (Lipinski definition) is 7. The lowest BCUT2D eigenvalue weighted by Gasteiger charge is -2.23. The minimum absolute atomic E-state index is 0.000899. The number of amides is 1. The highest BCUT2D eigenvalue weighted by atomic mass is 19.1. The van der Waals surface area contributed by atoms with E-state index in [4.69, 9.17) is 9.47 Å². The molecule has 9 nitrogen and oxygen atoms in total. The van der Waals surface area contributed by atoms with Gasteiger partial charge in [0.2, 0.25) is 0 Å². The van der Waals surface area contributed by atoms with Crippen LogP contribution in [-0.4, -0.2) is 51.9 Å². The van der Waals surface area contributed by atoms with Gasteiger partial charge in [-0.1, -0.05) is 42.5 Å². The lowest BCUT2D eigenvalue weighted by molar-refractivity contribution is 0.00668. The number of hydrogen-bond donors (Lipinski definition) is 2. The molecule has 0 aliphatic rings. The first-order chi connectivity index (χ1) is 19.3. The van der Waals surface area contributed by atoms with Crippen molar-refractivity contribution in [3.63, 3.8) is 0 Å². The molecule has 2 heterocycles. The average molecular weight is 548 g/mol. The minimum Gasteiger partial charge on any atom is -0.462 e. The van der Waals surface area contributed by atoms with Gasteiger partial charge < -0.3 is 19.6 Å². The van der Waals surface area contributed by atoms with Gasteiger partial charge in [0.1, 0.15) is 24.2 Å². The first-order valence-electron chi connectivity index (χ1n) is 12.8. The fourth-order valence-electron chi connectivity index (χ4n) is 4.29. The van der Waals surface area contributed by atoms with E-state index in [9.17, 15) is 23.9 Å². The second kappa shape index (κ2) is 13.0. The molecule has 4 rings (SSSR count). The van der Waals surface area contributed by atoms with Crippen LogP contribution in [0.1, 0.15) is 46.0 Å². The van der Waals surface area contributed by atoms with E-state index in [1.165, 1.54) is 19.2 Å². The van der Waals surface area contributed by atoms with Crippen LogP contribution in [0.15, 0.2) is 71.7 Å². The monoisotopic (exact) mass is 547 g/mol. The predicted octanol–water partition coefficient (Wildman–Crippen LogP) is 4.35. The predicted molar refractivity (Wildman–Crippen MR) is 146 cm³/mol. The van der Waals surface area contributed by atoms with Gasteiger partial charge in [-0.2, -0.15) is 0 Å². The number of esters is 1. The number of halogens is 1. The molecule has 2 aromatic heterocycles. The molecule has 1 unspecified atom stereocenters. The largest absolute Gasteiger partial charge is 0.462 e. The number of fused-ring (bicyclic) bond motifs is 1. The van der Waals surface area contributed by atoms with Gasteiger partial charge in [-0.25, -0.2) is 14.0 Å². The summed E-state index contributed by atoms with van der Waals surface area (Å²) < 4.78 is 23.7. The quantitative estimate of drug-likeness (QED) is 0.224. The van der Waals surface area contributed by atoms with Gasteiger partial charge in [0.15, 0.2) is 0 Å². The molecule has 40 heavy (non-hydrogen) atoms. The Hall–Kier alpha value is -4.57. The number of aromatic nitrogens is 2. The highest BCUT2D eigenvalue weighted by molar-refractivity contribution is 5.95. The Balaban J connectivity index is 1.56. The van der Waals surface area contributed by atoms with Crippen LogP contribution in [0.4, 0.5) is 9.18 Å². The Morgan fingerprint density at radius 3 is 2.48 bits per heavy atom. The molecule has 10 heteroatoms. The smallest absolute Gasteiger partial charge is 0.411 e. The van der Waals surface area contributed by atoms with E-state index in [-0.39, 0.29) is 37.4 Å². The van der Waals surface area contributed by atoms with Crippen LogP contribution in [0.25, 0.3) is 11.0 Å². The number of aliphatic hydroxyl groups is 1. The van der Waals surface area contributed by atoms with Crippen molar-refractivity contribution < 1.29 is 28.6 Å². The molecule has 0 saturated carbocycles. The molecule has 0 radical (unpaired) electrons. The van der Waals surface area contributed by atoms with Crippen molar-refractivity contribution >= 4 is 23.1 Å². The Kier molecular flexibility index (Phi) is 9.23. The summed E-state index contributed by atoms with van der Waals surface area (Å²) in [5.74, 6) is -1.14. The second-order valence-corrected chi connectivity index (χ2v) is 9.24. The Morgan fingerprint density at radius 2 is 1.77 bits per heavy atom. The summed E-state index contributed by atoms with van der Waals surface area (Å²) in [6.45, 7) is 1.75. The number of nitrogens with zero attached hydrogens (tertiary/aromatic N) is 2. The van der Waals surface area contributed by atoms with Crippen molar-refractivity contribution in [3.05, 3.63) is 111 Å². The fraction of sp³-hybridized carbons (Fsp3) is 0.267.